The van der Waals surface area contributed by atoms with Crippen LogP contribution in [0.5, 0.6) is 0 Å². The van der Waals surface area contributed by atoms with E-state index in [2.05, 4.69) is 27.0 Å². The molecule has 2 heteroatoms. The molecule has 0 radical (unpaired) electrons. The average molecular weight is 365 g/mol. The zero-order valence-electron chi connectivity index (χ0n) is 17.6. The fourth-order valence-corrected chi connectivity index (χ4v) is 3.18. The third-order valence-corrected chi connectivity index (χ3v) is 4.83. The Morgan fingerprint density at radius 2 is 1.27 bits per heavy atom. The van der Waals surface area contributed by atoms with E-state index in [4.69, 9.17) is 4.74 Å². The molecule has 0 saturated carbocycles. The first kappa shape index (κ1) is 24.9. The van der Waals surface area contributed by atoms with Crippen molar-refractivity contribution in [3.05, 3.63) is 25.3 Å². The van der Waals surface area contributed by atoms with Crippen LogP contribution in [0.4, 0.5) is 0 Å². The summed E-state index contributed by atoms with van der Waals surface area (Å²) in [4.78, 5) is 12.2. The van der Waals surface area contributed by atoms with E-state index in [0.29, 0.717) is 6.42 Å². The van der Waals surface area contributed by atoms with Crippen LogP contribution in [-0.2, 0) is 9.53 Å². The minimum Gasteiger partial charge on any atom is -0.462 e. The van der Waals surface area contributed by atoms with Crippen molar-refractivity contribution in [3.63, 3.8) is 0 Å². The van der Waals surface area contributed by atoms with Crippen molar-refractivity contribution in [2.75, 3.05) is 0 Å². The van der Waals surface area contributed by atoms with Gasteiger partial charge in [-0.05, 0) is 63.7 Å². The van der Waals surface area contributed by atoms with Gasteiger partial charge in [0.2, 0.25) is 0 Å². The molecule has 2 nitrogen and oxygen atoms in total. The number of esters is 1. The van der Waals surface area contributed by atoms with Gasteiger partial charge in [0.1, 0.15) is 6.10 Å². The van der Waals surface area contributed by atoms with Gasteiger partial charge < -0.3 is 4.74 Å². The SMILES string of the molecule is C=CCCCCCC(CCCCCC=C)OC(=O)CCCCCC(C)C. The highest BCUT2D eigenvalue weighted by Gasteiger charge is 2.14. The van der Waals surface area contributed by atoms with Gasteiger partial charge >= 0.3 is 5.97 Å². The first-order valence-electron chi connectivity index (χ1n) is 11.0. The van der Waals surface area contributed by atoms with Crippen LogP contribution in [0.3, 0.4) is 0 Å². The molecule has 0 aromatic heterocycles. The largest absolute Gasteiger partial charge is 0.462 e. The summed E-state index contributed by atoms with van der Waals surface area (Å²) in [5.41, 5.74) is 0. The van der Waals surface area contributed by atoms with E-state index in [9.17, 15) is 4.79 Å². The second kappa shape index (κ2) is 18.7. The second-order valence-corrected chi connectivity index (χ2v) is 7.96. The number of carbonyl (C=O) groups excluding carboxylic acids is 1. The van der Waals surface area contributed by atoms with Crippen molar-refractivity contribution in [1.29, 1.82) is 0 Å². The lowest BCUT2D eigenvalue weighted by Crippen LogP contribution is -2.18. The Bertz CT molecular complexity index is 328. The zero-order valence-corrected chi connectivity index (χ0v) is 17.6. The van der Waals surface area contributed by atoms with Gasteiger partial charge in [0.15, 0.2) is 0 Å². The smallest absolute Gasteiger partial charge is 0.306 e. The summed E-state index contributed by atoms with van der Waals surface area (Å²) >= 11 is 0. The Labute approximate surface area is 163 Å². The van der Waals surface area contributed by atoms with Crippen LogP contribution in [-0.4, -0.2) is 12.1 Å². The molecule has 0 aliphatic heterocycles. The fraction of sp³-hybridized carbons (Fsp3) is 0.792. The van der Waals surface area contributed by atoms with Crippen LogP contribution in [0.2, 0.25) is 0 Å². The van der Waals surface area contributed by atoms with Crippen molar-refractivity contribution in [3.8, 4) is 0 Å². The molecule has 0 N–H and O–H groups in total. The maximum absolute atomic E-state index is 12.2. The molecule has 0 aromatic carbocycles. The summed E-state index contributed by atoms with van der Waals surface area (Å²) in [5.74, 6) is 0.769. The summed E-state index contributed by atoms with van der Waals surface area (Å²) in [5, 5.41) is 0. The molecule has 0 spiro atoms. The highest BCUT2D eigenvalue weighted by atomic mass is 16.5. The average Bonchev–Trinajstić information content (AvgIpc) is 2.60. The standard InChI is InChI=1S/C24H44O2/c1-5-7-9-11-15-19-23(20-16-12-10-8-6-2)26-24(25)21-17-13-14-18-22(3)4/h5-6,22-23H,1-2,7-21H2,3-4H3. The predicted octanol–water partition coefficient (Wildman–Crippen LogP) is 7.78. The maximum Gasteiger partial charge on any atom is 0.306 e. The van der Waals surface area contributed by atoms with Gasteiger partial charge in [0.25, 0.3) is 0 Å². The first-order valence-corrected chi connectivity index (χ1v) is 11.0. The molecule has 0 aromatic rings. The summed E-state index contributed by atoms with van der Waals surface area (Å²) in [6.45, 7) is 12.1. The highest BCUT2D eigenvalue weighted by Crippen LogP contribution is 2.17. The Balaban J connectivity index is 4.02. The Kier molecular flexibility index (Phi) is 18.0. The third kappa shape index (κ3) is 17.8. The number of carbonyl (C=O) groups is 1. The molecule has 0 amide bonds. The van der Waals surface area contributed by atoms with Gasteiger partial charge in [-0.2, -0.15) is 0 Å². The molecular formula is C24H44O2. The monoisotopic (exact) mass is 364 g/mol. The van der Waals surface area contributed by atoms with Gasteiger partial charge in [0, 0.05) is 6.42 Å². The Morgan fingerprint density at radius 1 is 0.769 bits per heavy atom. The van der Waals surface area contributed by atoms with E-state index in [1.807, 2.05) is 12.2 Å². The first-order chi connectivity index (χ1) is 12.6. The van der Waals surface area contributed by atoms with Crippen LogP contribution >= 0.6 is 0 Å². The summed E-state index contributed by atoms with van der Waals surface area (Å²) < 4.78 is 5.81. The molecule has 0 saturated heterocycles. The molecule has 26 heavy (non-hydrogen) atoms. The van der Waals surface area contributed by atoms with Crippen LogP contribution in [0, 0.1) is 5.92 Å². The van der Waals surface area contributed by atoms with Crippen molar-refractivity contribution < 1.29 is 9.53 Å². The maximum atomic E-state index is 12.2. The van der Waals surface area contributed by atoms with E-state index in [0.717, 1.165) is 57.3 Å². The Hall–Kier alpha value is -1.05. The van der Waals surface area contributed by atoms with E-state index in [1.165, 1.54) is 38.5 Å². The number of ether oxygens (including phenoxy) is 1. The number of hydrogen-bond acceptors (Lipinski definition) is 2. The minimum absolute atomic E-state index is 0.0109. The van der Waals surface area contributed by atoms with Crippen molar-refractivity contribution in [2.24, 2.45) is 5.92 Å². The van der Waals surface area contributed by atoms with Gasteiger partial charge in [-0.3, -0.25) is 4.79 Å². The summed E-state index contributed by atoms with van der Waals surface area (Å²) in [6.07, 6.45) is 20.5. The third-order valence-electron chi connectivity index (χ3n) is 4.83. The van der Waals surface area contributed by atoms with E-state index in [-0.39, 0.29) is 12.1 Å². The summed E-state index contributed by atoms with van der Waals surface area (Å²) in [6, 6.07) is 0. The molecule has 0 unspecified atom stereocenters. The molecule has 0 fully saturated rings. The minimum atomic E-state index is 0.0109. The van der Waals surface area contributed by atoms with Crippen LogP contribution in [0.1, 0.15) is 110 Å². The lowest BCUT2D eigenvalue weighted by molar-refractivity contribution is -0.150. The van der Waals surface area contributed by atoms with E-state index in [1.54, 1.807) is 0 Å². The molecule has 0 aliphatic carbocycles. The topological polar surface area (TPSA) is 26.3 Å². The van der Waals surface area contributed by atoms with E-state index < -0.39 is 0 Å². The lowest BCUT2D eigenvalue weighted by atomic mass is 10.0. The number of allylic oxidation sites excluding steroid dienone is 2. The molecule has 0 atom stereocenters. The van der Waals surface area contributed by atoms with E-state index >= 15 is 0 Å². The summed E-state index contributed by atoms with van der Waals surface area (Å²) in [7, 11) is 0. The van der Waals surface area contributed by atoms with Gasteiger partial charge in [-0.25, -0.2) is 0 Å². The van der Waals surface area contributed by atoms with Gasteiger partial charge in [0.05, 0.1) is 0 Å². The second-order valence-electron chi connectivity index (χ2n) is 7.96. The number of rotatable bonds is 19. The Morgan fingerprint density at radius 3 is 1.77 bits per heavy atom. The van der Waals surface area contributed by atoms with Crippen molar-refractivity contribution >= 4 is 5.97 Å². The van der Waals surface area contributed by atoms with Gasteiger partial charge in [-0.1, -0.05) is 58.1 Å². The molecule has 0 bridgehead atoms. The quantitative estimate of drug-likeness (QED) is 0.133. The molecular weight excluding hydrogens is 320 g/mol. The van der Waals surface area contributed by atoms with Crippen molar-refractivity contribution in [1.82, 2.24) is 0 Å². The molecule has 0 rings (SSSR count). The van der Waals surface area contributed by atoms with Gasteiger partial charge in [-0.15, -0.1) is 13.2 Å². The lowest BCUT2D eigenvalue weighted by Gasteiger charge is -2.18. The number of hydrogen-bond donors (Lipinski definition) is 0. The molecule has 152 valence electrons. The molecule has 0 aliphatic rings. The zero-order chi connectivity index (χ0) is 19.5. The van der Waals surface area contributed by atoms with Crippen LogP contribution in [0.25, 0.3) is 0 Å². The highest BCUT2D eigenvalue weighted by molar-refractivity contribution is 5.69. The normalized spacial score (nSPS) is 11.1. The predicted molar refractivity (Wildman–Crippen MR) is 114 cm³/mol. The van der Waals surface area contributed by atoms with Crippen molar-refractivity contribution in [2.45, 2.75) is 116 Å². The molecule has 0 heterocycles. The van der Waals surface area contributed by atoms with Crippen LogP contribution < -0.4 is 0 Å². The number of unbranched alkanes of at least 4 members (excludes halogenated alkanes) is 8. The fourth-order valence-electron chi connectivity index (χ4n) is 3.18. The van der Waals surface area contributed by atoms with Crippen LogP contribution in [0.15, 0.2) is 25.3 Å².